The van der Waals surface area contributed by atoms with Crippen LogP contribution in [-0.2, 0) is 5.41 Å². The Balaban J connectivity index is 3.06. The summed E-state index contributed by atoms with van der Waals surface area (Å²) in [5.41, 5.74) is 0.989. The number of hydrogen-bond donors (Lipinski definition) is 0. The molecule has 13 heavy (non-hydrogen) atoms. The largest absolute Gasteiger partial charge is 0.263 e. The third-order valence-electron chi connectivity index (χ3n) is 2.00. The molecular weight excluding hydrogens is 170 g/mol. The first-order valence-electron chi connectivity index (χ1n) is 4.30. The van der Waals surface area contributed by atoms with E-state index in [0.29, 0.717) is 0 Å². The summed E-state index contributed by atoms with van der Waals surface area (Å²) in [7, 11) is 0. The van der Waals surface area contributed by atoms with Gasteiger partial charge in [-0.05, 0) is 17.0 Å². The van der Waals surface area contributed by atoms with Gasteiger partial charge < -0.3 is 0 Å². The Morgan fingerprint density at radius 2 is 1.77 bits per heavy atom. The highest BCUT2D eigenvalue weighted by Crippen LogP contribution is 2.26. The van der Waals surface area contributed by atoms with Crippen LogP contribution in [0.2, 0.25) is 0 Å². The maximum absolute atomic E-state index is 12.3. The Kier molecular flexibility index (Phi) is 2.69. The summed E-state index contributed by atoms with van der Waals surface area (Å²) in [6.45, 7) is 6.03. The van der Waals surface area contributed by atoms with Gasteiger partial charge >= 0.3 is 0 Å². The van der Waals surface area contributed by atoms with Crippen LogP contribution in [0.4, 0.5) is 8.78 Å². The zero-order valence-electron chi connectivity index (χ0n) is 8.14. The molecule has 72 valence electrons. The summed E-state index contributed by atoms with van der Waals surface area (Å²) in [4.78, 5) is 0. The first-order valence-corrected chi connectivity index (χ1v) is 4.30. The van der Waals surface area contributed by atoms with Gasteiger partial charge in [0.2, 0.25) is 0 Å². The molecule has 0 N–H and O–H groups in total. The van der Waals surface area contributed by atoms with Crippen molar-refractivity contribution in [2.45, 2.75) is 32.6 Å². The summed E-state index contributed by atoms with van der Waals surface area (Å²) in [6, 6.07) is 6.60. The van der Waals surface area contributed by atoms with Crippen LogP contribution >= 0.6 is 0 Å². The second-order valence-electron chi connectivity index (χ2n) is 4.18. The van der Waals surface area contributed by atoms with Gasteiger partial charge in [0.1, 0.15) is 0 Å². The fourth-order valence-electron chi connectivity index (χ4n) is 1.14. The van der Waals surface area contributed by atoms with E-state index in [9.17, 15) is 8.78 Å². The van der Waals surface area contributed by atoms with Crippen LogP contribution < -0.4 is 0 Å². The van der Waals surface area contributed by atoms with Crippen molar-refractivity contribution < 1.29 is 8.78 Å². The van der Waals surface area contributed by atoms with E-state index in [-0.39, 0.29) is 11.0 Å². The molecular formula is C11H14F2. The normalized spacial score (nSPS) is 12.2. The summed E-state index contributed by atoms with van der Waals surface area (Å²) >= 11 is 0. The van der Waals surface area contributed by atoms with Gasteiger partial charge in [0.05, 0.1) is 0 Å². The third-order valence-corrected chi connectivity index (χ3v) is 2.00. The van der Waals surface area contributed by atoms with Crippen molar-refractivity contribution in [2.75, 3.05) is 0 Å². The maximum Gasteiger partial charge on any atom is 0.263 e. The monoisotopic (exact) mass is 184 g/mol. The Hall–Kier alpha value is -0.920. The highest BCUT2D eigenvalue weighted by atomic mass is 19.3. The molecule has 1 rings (SSSR count). The third kappa shape index (κ3) is 2.51. The number of alkyl halides is 2. The summed E-state index contributed by atoms with van der Waals surface area (Å²) in [5.74, 6) is 0. The molecule has 2 heteroatoms. The smallest absolute Gasteiger partial charge is 0.205 e. The Morgan fingerprint density at radius 1 is 1.15 bits per heavy atom. The molecule has 0 radical (unpaired) electrons. The summed E-state index contributed by atoms with van der Waals surface area (Å²) < 4.78 is 24.7. The number of hydrogen-bond acceptors (Lipinski definition) is 0. The molecule has 1 aromatic carbocycles. The SMILES string of the molecule is CC(C)(C)c1cccc(C(F)F)c1. The average molecular weight is 184 g/mol. The van der Waals surface area contributed by atoms with Crippen LogP contribution in [0.1, 0.15) is 38.3 Å². The predicted molar refractivity (Wildman–Crippen MR) is 50.1 cm³/mol. The molecule has 1 aromatic rings. The van der Waals surface area contributed by atoms with E-state index < -0.39 is 6.43 Å². The molecule has 0 atom stereocenters. The van der Waals surface area contributed by atoms with Gasteiger partial charge in [-0.2, -0.15) is 0 Å². The van der Waals surface area contributed by atoms with E-state index >= 15 is 0 Å². The minimum Gasteiger partial charge on any atom is -0.205 e. The van der Waals surface area contributed by atoms with Crippen molar-refractivity contribution in [3.8, 4) is 0 Å². The molecule has 0 aromatic heterocycles. The Bertz CT molecular complexity index is 284. The second-order valence-corrected chi connectivity index (χ2v) is 4.18. The molecule has 0 saturated heterocycles. The first kappa shape index (κ1) is 10.2. The lowest BCUT2D eigenvalue weighted by Gasteiger charge is -2.19. The quantitative estimate of drug-likeness (QED) is 0.620. The zero-order chi connectivity index (χ0) is 10.1. The number of benzene rings is 1. The van der Waals surface area contributed by atoms with Crippen LogP contribution in [0.15, 0.2) is 24.3 Å². The van der Waals surface area contributed by atoms with Gasteiger partial charge in [0, 0.05) is 5.56 Å². The van der Waals surface area contributed by atoms with Crippen LogP contribution in [0, 0.1) is 0 Å². The predicted octanol–water partition coefficient (Wildman–Crippen LogP) is 3.92. The number of rotatable bonds is 1. The van der Waals surface area contributed by atoms with Gasteiger partial charge in [-0.25, -0.2) is 8.78 Å². The average Bonchev–Trinajstić information content (AvgIpc) is 2.03. The van der Waals surface area contributed by atoms with Crippen molar-refractivity contribution >= 4 is 0 Å². The van der Waals surface area contributed by atoms with Crippen LogP contribution in [0.25, 0.3) is 0 Å². The van der Waals surface area contributed by atoms with Crippen LogP contribution in [0.3, 0.4) is 0 Å². The highest BCUT2D eigenvalue weighted by molar-refractivity contribution is 5.29. The minimum absolute atomic E-state index is 0.0646. The second kappa shape index (κ2) is 3.44. The Morgan fingerprint density at radius 3 is 2.23 bits per heavy atom. The maximum atomic E-state index is 12.3. The molecule has 0 amide bonds. The van der Waals surface area contributed by atoms with Gasteiger partial charge in [-0.15, -0.1) is 0 Å². The molecule has 0 unspecified atom stereocenters. The molecule has 0 aliphatic heterocycles. The highest BCUT2D eigenvalue weighted by Gasteiger charge is 2.15. The molecule has 0 aliphatic carbocycles. The summed E-state index contributed by atoms with van der Waals surface area (Å²) in [6.07, 6.45) is -2.37. The van der Waals surface area contributed by atoms with Gasteiger partial charge in [-0.3, -0.25) is 0 Å². The summed E-state index contributed by atoms with van der Waals surface area (Å²) in [5, 5.41) is 0. The lowest BCUT2D eigenvalue weighted by atomic mass is 9.86. The molecule has 0 heterocycles. The molecule has 0 fully saturated rings. The van der Waals surface area contributed by atoms with Crippen molar-refractivity contribution in [3.05, 3.63) is 35.4 Å². The van der Waals surface area contributed by atoms with E-state index in [2.05, 4.69) is 0 Å². The van der Waals surface area contributed by atoms with E-state index in [0.717, 1.165) is 5.56 Å². The van der Waals surface area contributed by atoms with Crippen LogP contribution in [-0.4, -0.2) is 0 Å². The zero-order valence-corrected chi connectivity index (χ0v) is 8.14. The molecule has 0 bridgehead atoms. The standard InChI is InChI=1S/C11H14F2/c1-11(2,3)9-6-4-5-8(7-9)10(12)13/h4-7,10H,1-3H3. The van der Waals surface area contributed by atoms with Crippen molar-refractivity contribution in [3.63, 3.8) is 0 Å². The molecule has 0 saturated carbocycles. The molecule has 0 spiro atoms. The van der Waals surface area contributed by atoms with Crippen molar-refractivity contribution in [2.24, 2.45) is 0 Å². The minimum atomic E-state index is -2.37. The van der Waals surface area contributed by atoms with Gasteiger partial charge in [-0.1, -0.05) is 39.0 Å². The fourth-order valence-corrected chi connectivity index (χ4v) is 1.14. The lowest BCUT2D eigenvalue weighted by molar-refractivity contribution is 0.151. The van der Waals surface area contributed by atoms with E-state index in [1.165, 1.54) is 6.07 Å². The molecule has 0 aliphatic rings. The van der Waals surface area contributed by atoms with E-state index in [4.69, 9.17) is 0 Å². The van der Waals surface area contributed by atoms with Crippen LogP contribution in [0.5, 0.6) is 0 Å². The number of halogens is 2. The van der Waals surface area contributed by atoms with Crippen molar-refractivity contribution in [1.29, 1.82) is 0 Å². The van der Waals surface area contributed by atoms with E-state index in [1.54, 1.807) is 12.1 Å². The lowest BCUT2D eigenvalue weighted by Crippen LogP contribution is -2.11. The van der Waals surface area contributed by atoms with E-state index in [1.807, 2.05) is 26.8 Å². The van der Waals surface area contributed by atoms with Gasteiger partial charge in [0.15, 0.2) is 0 Å². The topological polar surface area (TPSA) is 0 Å². The first-order chi connectivity index (χ1) is 5.91. The molecule has 0 nitrogen and oxygen atoms in total. The van der Waals surface area contributed by atoms with Crippen molar-refractivity contribution in [1.82, 2.24) is 0 Å². The fraction of sp³-hybridized carbons (Fsp3) is 0.455. The van der Waals surface area contributed by atoms with Gasteiger partial charge in [0.25, 0.3) is 6.43 Å². The Labute approximate surface area is 77.6 Å².